The molecule has 31 heavy (non-hydrogen) atoms. The monoisotopic (exact) mass is 435 g/mol. The van der Waals surface area contributed by atoms with Crippen molar-refractivity contribution in [2.45, 2.75) is 142 Å². The van der Waals surface area contributed by atoms with Crippen LogP contribution in [-0.2, 0) is 14.2 Å². The third-order valence-electron chi connectivity index (χ3n) is 5.30. The Morgan fingerprint density at radius 1 is 1.00 bits per heavy atom. The standard InChI is InChI=1S/C25H45N3O3/c1-7-8-9-10-11-12-13-14-15-16-17-18-19-22-23(31-25(5,6)30-22)21(27-28-26)20-29-24(2,3)4/h21-23H,7-17,20H2,1-6H3/t21-,22-,23-/m0/s1. The fourth-order valence-electron chi connectivity index (χ4n) is 3.65. The molecule has 0 saturated carbocycles. The molecular weight excluding hydrogens is 390 g/mol. The first kappa shape index (κ1) is 27.8. The molecule has 3 atom stereocenters. The molecule has 1 fully saturated rings. The summed E-state index contributed by atoms with van der Waals surface area (Å²) in [5.41, 5.74) is 8.68. The van der Waals surface area contributed by atoms with Crippen molar-refractivity contribution in [2.24, 2.45) is 5.11 Å². The first-order chi connectivity index (χ1) is 14.7. The molecule has 0 aliphatic carbocycles. The van der Waals surface area contributed by atoms with Gasteiger partial charge in [0.05, 0.1) is 18.2 Å². The molecule has 0 radical (unpaired) electrons. The van der Waals surface area contributed by atoms with Crippen LogP contribution in [0.15, 0.2) is 5.11 Å². The molecular formula is C25H45N3O3. The van der Waals surface area contributed by atoms with Crippen molar-refractivity contribution < 1.29 is 14.2 Å². The molecule has 0 unspecified atom stereocenters. The van der Waals surface area contributed by atoms with Crippen molar-refractivity contribution in [3.63, 3.8) is 0 Å². The molecule has 6 heteroatoms. The van der Waals surface area contributed by atoms with E-state index in [-0.39, 0.29) is 12.2 Å². The Kier molecular flexibility index (Phi) is 13.2. The van der Waals surface area contributed by atoms with Crippen LogP contribution in [0.4, 0.5) is 0 Å². The van der Waals surface area contributed by atoms with Crippen molar-refractivity contribution in [3.8, 4) is 11.8 Å². The van der Waals surface area contributed by atoms with E-state index in [0.29, 0.717) is 0 Å². The Hall–Kier alpha value is -1.25. The highest BCUT2D eigenvalue weighted by molar-refractivity contribution is 5.12. The second-order valence-corrected chi connectivity index (χ2v) is 9.97. The molecule has 6 nitrogen and oxygen atoms in total. The lowest BCUT2D eigenvalue weighted by atomic mass is 10.0. The van der Waals surface area contributed by atoms with Gasteiger partial charge in [-0.25, -0.2) is 0 Å². The van der Waals surface area contributed by atoms with E-state index in [1.54, 1.807) is 0 Å². The summed E-state index contributed by atoms with van der Waals surface area (Å²) >= 11 is 0. The highest BCUT2D eigenvalue weighted by Crippen LogP contribution is 2.31. The Morgan fingerprint density at radius 2 is 1.58 bits per heavy atom. The van der Waals surface area contributed by atoms with Crippen LogP contribution >= 0.6 is 0 Å². The summed E-state index contributed by atoms with van der Waals surface area (Å²) in [6.45, 7) is 12.2. The second kappa shape index (κ2) is 14.7. The largest absolute Gasteiger partial charge is 0.375 e. The first-order valence-electron chi connectivity index (χ1n) is 12.2. The highest BCUT2D eigenvalue weighted by atomic mass is 16.8. The fourth-order valence-corrected chi connectivity index (χ4v) is 3.65. The smallest absolute Gasteiger partial charge is 0.165 e. The maximum absolute atomic E-state index is 9.00. The van der Waals surface area contributed by atoms with Crippen molar-refractivity contribution in [3.05, 3.63) is 10.4 Å². The molecule has 0 aromatic heterocycles. The lowest BCUT2D eigenvalue weighted by molar-refractivity contribution is -0.147. The van der Waals surface area contributed by atoms with Crippen molar-refractivity contribution in [2.75, 3.05) is 6.61 Å². The molecule has 0 bridgehead atoms. The maximum Gasteiger partial charge on any atom is 0.165 e. The van der Waals surface area contributed by atoms with Crippen molar-refractivity contribution in [1.29, 1.82) is 0 Å². The normalized spacial score (nSPS) is 21.2. The molecule has 1 aliphatic rings. The van der Waals surface area contributed by atoms with Crippen LogP contribution in [0.2, 0.25) is 0 Å². The zero-order valence-corrected chi connectivity index (χ0v) is 20.8. The summed E-state index contributed by atoms with van der Waals surface area (Å²) in [7, 11) is 0. The Labute approximate surface area is 190 Å². The van der Waals surface area contributed by atoms with Gasteiger partial charge in [0, 0.05) is 11.3 Å². The number of hydrogen-bond acceptors (Lipinski definition) is 4. The summed E-state index contributed by atoms with van der Waals surface area (Å²) in [4.78, 5) is 2.99. The fraction of sp³-hybridized carbons (Fsp3) is 0.920. The van der Waals surface area contributed by atoms with Gasteiger partial charge >= 0.3 is 0 Å². The predicted octanol–water partition coefficient (Wildman–Crippen LogP) is 7.31. The zero-order chi connectivity index (χ0) is 23.2. The number of hydrogen-bond donors (Lipinski definition) is 0. The van der Waals surface area contributed by atoms with E-state index in [1.165, 1.54) is 57.8 Å². The Balaban J connectivity index is 2.42. The maximum atomic E-state index is 9.00. The summed E-state index contributed by atoms with van der Waals surface area (Å²) in [6.07, 6.45) is 13.1. The van der Waals surface area contributed by atoms with Gasteiger partial charge in [-0.05, 0) is 46.6 Å². The zero-order valence-electron chi connectivity index (χ0n) is 20.8. The van der Waals surface area contributed by atoms with Crippen LogP contribution in [-0.4, -0.2) is 36.2 Å². The van der Waals surface area contributed by atoms with Crippen molar-refractivity contribution >= 4 is 0 Å². The number of unbranched alkanes of at least 4 members (excludes halogenated alkanes) is 10. The van der Waals surface area contributed by atoms with Gasteiger partial charge in [-0.2, -0.15) is 0 Å². The molecule has 1 saturated heterocycles. The minimum atomic E-state index is -0.758. The van der Waals surface area contributed by atoms with Gasteiger partial charge in [0.25, 0.3) is 0 Å². The van der Waals surface area contributed by atoms with E-state index in [1.807, 2.05) is 34.6 Å². The summed E-state index contributed by atoms with van der Waals surface area (Å²) in [5.74, 6) is 5.72. The average molecular weight is 436 g/mol. The number of ether oxygens (including phenoxy) is 3. The third-order valence-corrected chi connectivity index (χ3v) is 5.30. The summed E-state index contributed by atoms with van der Waals surface area (Å²) in [6, 6.07) is -0.484. The van der Waals surface area contributed by atoms with E-state index in [0.717, 1.165) is 12.8 Å². The van der Waals surface area contributed by atoms with E-state index in [2.05, 4.69) is 28.8 Å². The molecule has 1 heterocycles. The molecule has 0 amide bonds. The number of azide groups is 1. The van der Waals surface area contributed by atoms with Gasteiger partial charge in [0.15, 0.2) is 5.79 Å². The van der Waals surface area contributed by atoms with Gasteiger partial charge < -0.3 is 14.2 Å². The number of rotatable bonds is 14. The molecule has 1 aliphatic heterocycles. The van der Waals surface area contributed by atoms with Gasteiger partial charge in [-0.3, -0.25) is 0 Å². The molecule has 0 aromatic rings. The highest BCUT2D eigenvalue weighted by Gasteiger charge is 2.44. The first-order valence-corrected chi connectivity index (χ1v) is 12.2. The van der Waals surface area contributed by atoms with Crippen LogP contribution < -0.4 is 0 Å². The van der Waals surface area contributed by atoms with Crippen LogP contribution in [0.25, 0.3) is 10.4 Å². The molecule has 1 rings (SSSR count). The topological polar surface area (TPSA) is 76.5 Å². The van der Waals surface area contributed by atoms with E-state index in [4.69, 9.17) is 19.7 Å². The Morgan fingerprint density at radius 3 is 2.13 bits per heavy atom. The quantitative estimate of drug-likeness (QED) is 0.0943. The van der Waals surface area contributed by atoms with E-state index < -0.39 is 24.0 Å². The van der Waals surface area contributed by atoms with Crippen LogP contribution in [0.1, 0.15) is 112 Å². The number of nitrogens with zero attached hydrogens (tertiary/aromatic N) is 3. The minimum Gasteiger partial charge on any atom is -0.375 e. The second-order valence-electron chi connectivity index (χ2n) is 9.97. The lowest BCUT2D eigenvalue weighted by Crippen LogP contribution is -2.38. The van der Waals surface area contributed by atoms with Crippen LogP contribution in [0.3, 0.4) is 0 Å². The Bertz CT molecular complexity index is 597. The minimum absolute atomic E-state index is 0.272. The van der Waals surface area contributed by atoms with Crippen LogP contribution in [0.5, 0.6) is 0 Å². The molecule has 0 spiro atoms. The van der Waals surface area contributed by atoms with Gasteiger partial charge in [-0.1, -0.05) is 75.7 Å². The van der Waals surface area contributed by atoms with Gasteiger partial charge in [-0.15, -0.1) is 5.92 Å². The molecule has 178 valence electrons. The third kappa shape index (κ3) is 13.0. The summed E-state index contributed by atoms with van der Waals surface area (Å²) < 4.78 is 17.9. The SMILES string of the molecule is CCCCCCCCCCCCC#C[C@@H]1OC(C)(C)O[C@H]1[C@H](COC(C)(C)C)N=[N+]=[N-]. The molecule has 0 aromatic carbocycles. The summed E-state index contributed by atoms with van der Waals surface area (Å²) in [5, 5.41) is 3.92. The van der Waals surface area contributed by atoms with Crippen LogP contribution in [0, 0.1) is 11.8 Å². The van der Waals surface area contributed by atoms with Gasteiger partial charge in [0.1, 0.15) is 12.2 Å². The van der Waals surface area contributed by atoms with E-state index in [9.17, 15) is 0 Å². The lowest BCUT2D eigenvalue weighted by Gasteiger charge is -2.26. The molecule has 0 N–H and O–H groups in total. The average Bonchev–Trinajstić information content (AvgIpc) is 2.99. The van der Waals surface area contributed by atoms with Gasteiger partial charge in [0.2, 0.25) is 0 Å². The predicted molar refractivity (Wildman–Crippen MR) is 127 cm³/mol. The van der Waals surface area contributed by atoms with E-state index >= 15 is 0 Å². The van der Waals surface area contributed by atoms with Crippen molar-refractivity contribution in [1.82, 2.24) is 0 Å².